The minimum Gasteiger partial charge on any atom is -0.300 e. The Kier molecular flexibility index (Phi) is 7.94. The number of Topliss-reactive ketones (excluding diaryl/α,β-unsaturated/α-hetero) is 1. The maximum atomic E-state index is 12.6. The summed E-state index contributed by atoms with van der Waals surface area (Å²) in [6.07, 6.45) is 2.62. The Hall–Kier alpha value is -3.26. The first-order valence-corrected chi connectivity index (χ1v) is 11.3. The Morgan fingerprint density at radius 2 is 1.31 bits per heavy atom. The minimum atomic E-state index is 0.0356. The second-order valence-corrected chi connectivity index (χ2v) is 8.80. The highest BCUT2D eigenvalue weighted by Gasteiger charge is 2.18. The van der Waals surface area contributed by atoms with Gasteiger partial charge in [0.2, 0.25) is 0 Å². The van der Waals surface area contributed by atoms with E-state index in [2.05, 4.69) is 37.8 Å². The highest BCUT2D eigenvalue weighted by atomic mass is 16.1. The summed E-state index contributed by atoms with van der Waals surface area (Å²) < 4.78 is 0. The molecule has 3 aromatic rings. The summed E-state index contributed by atoms with van der Waals surface area (Å²) in [5.74, 6) is 0.743. The lowest BCUT2D eigenvalue weighted by Crippen LogP contribution is -2.16. The fourth-order valence-electron chi connectivity index (χ4n) is 3.89. The first kappa shape index (κ1) is 23.4. The smallest absolute Gasteiger partial charge is 0.193 e. The van der Waals surface area contributed by atoms with E-state index in [1.54, 1.807) is 6.92 Å². The highest BCUT2D eigenvalue weighted by molar-refractivity contribution is 6.09. The Bertz CT molecular complexity index is 1060. The number of benzene rings is 3. The third-order valence-electron chi connectivity index (χ3n) is 6.31. The maximum Gasteiger partial charge on any atom is 0.193 e. The third kappa shape index (κ3) is 6.13. The second-order valence-electron chi connectivity index (χ2n) is 8.80. The average molecular weight is 425 g/mol. The first-order valence-electron chi connectivity index (χ1n) is 11.3. The second kappa shape index (κ2) is 10.9. The van der Waals surface area contributed by atoms with Gasteiger partial charge >= 0.3 is 0 Å². The van der Waals surface area contributed by atoms with E-state index in [9.17, 15) is 9.59 Å². The van der Waals surface area contributed by atoms with Crippen molar-refractivity contribution in [1.82, 2.24) is 0 Å². The monoisotopic (exact) mass is 424 g/mol. The molecular formula is C30H32O2. The molecule has 0 heterocycles. The normalized spacial score (nSPS) is 12.7. The van der Waals surface area contributed by atoms with E-state index < -0.39 is 0 Å². The van der Waals surface area contributed by atoms with Crippen LogP contribution in [-0.2, 0) is 11.2 Å². The maximum absolute atomic E-state index is 12.6. The van der Waals surface area contributed by atoms with Gasteiger partial charge in [0, 0.05) is 17.0 Å². The van der Waals surface area contributed by atoms with Gasteiger partial charge in [0.1, 0.15) is 5.78 Å². The van der Waals surface area contributed by atoms with Crippen LogP contribution in [0.5, 0.6) is 0 Å². The zero-order valence-corrected chi connectivity index (χ0v) is 19.3. The Morgan fingerprint density at radius 1 is 0.781 bits per heavy atom. The van der Waals surface area contributed by atoms with Crippen LogP contribution in [0.1, 0.15) is 55.1 Å². The summed E-state index contributed by atoms with van der Waals surface area (Å²) >= 11 is 0. The number of rotatable bonds is 10. The zero-order chi connectivity index (χ0) is 23.1. The van der Waals surface area contributed by atoms with Gasteiger partial charge in [-0.3, -0.25) is 9.59 Å². The molecule has 3 aromatic carbocycles. The quantitative estimate of drug-likeness (QED) is 0.252. The van der Waals surface area contributed by atoms with Crippen molar-refractivity contribution in [3.8, 4) is 11.1 Å². The number of aryl methyl sites for hydroxylation is 1. The molecule has 0 amide bonds. The molecule has 0 bridgehead atoms. The van der Waals surface area contributed by atoms with E-state index in [-0.39, 0.29) is 17.5 Å². The molecule has 0 aliphatic heterocycles. The number of carbonyl (C=O) groups excluding carboxylic acids is 2. The predicted molar refractivity (Wildman–Crippen MR) is 133 cm³/mol. The van der Waals surface area contributed by atoms with Crippen LogP contribution in [0.4, 0.5) is 0 Å². The Morgan fingerprint density at radius 3 is 1.84 bits per heavy atom. The molecule has 0 aromatic heterocycles. The molecule has 0 aliphatic rings. The van der Waals surface area contributed by atoms with Crippen molar-refractivity contribution in [2.45, 2.75) is 40.0 Å². The van der Waals surface area contributed by atoms with Crippen LogP contribution in [0, 0.1) is 11.8 Å². The van der Waals surface area contributed by atoms with E-state index >= 15 is 0 Å². The van der Waals surface area contributed by atoms with Crippen LogP contribution in [0.2, 0.25) is 0 Å². The fraction of sp³-hybridized carbons (Fsp3) is 0.267. The predicted octanol–water partition coefficient (Wildman–Crippen LogP) is 7.32. The van der Waals surface area contributed by atoms with Crippen LogP contribution >= 0.6 is 0 Å². The Balaban J connectivity index is 1.63. The molecular weight excluding hydrogens is 392 g/mol. The van der Waals surface area contributed by atoms with Crippen molar-refractivity contribution >= 4 is 11.6 Å². The van der Waals surface area contributed by atoms with Gasteiger partial charge in [-0.2, -0.15) is 0 Å². The van der Waals surface area contributed by atoms with Crippen molar-refractivity contribution in [1.29, 1.82) is 0 Å². The molecule has 2 nitrogen and oxygen atoms in total. The highest BCUT2D eigenvalue weighted by Crippen LogP contribution is 2.25. The van der Waals surface area contributed by atoms with Crippen LogP contribution in [0.25, 0.3) is 11.1 Å². The van der Waals surface area contributed by atoms with Crippen molar-refractivity contribution in [2.24, 2.45) is 11.8 Å². The number of hydrogen-bond acceptors (Lipinski definition) is 2. The van der Waals surface area contributed by atoms with Gasteiger partial charge in [-0.05, 0) is 55.7 Å². The van der Waals surface area contributed by atoms with Crippen LogP contribution < -0.4 is 0 Å². The summed E-state index contributed by atoms with van der Waals surface area (Å²) in [5, 5.41) is 0. The van der Waals surface area contributed by atoms with Gasteiger partial charge < -0.3 is 0 Å². The Labute approximate surface area is 192 Å². The van der Waals surface area contributed by atoms with E-state index in [1.165, 1.54) is 5.56 Å². The molecule has 3 rings (SSSR count). The molecule has 164 valence electrons. The van der Waals surface area contributed by atoms with E-state index in [1.807, 2.05) is 61.5 Å². The van der Waals surface area contributed by atoms with Gasteiger partial charge in [-0.25, -0.2) is 0 Å². The van der Waals surface area contributed by atoms with Crippen molar-refractivity contribution in [3.63, 3.8) is 0 Å². The van der Waals surface area contributed by atoms with E-state index in [4.69, 9.17) is 0 Å². The van der Waals surface area contributed by atoms with Crippen LogP contribution in [0.15, 0.2) is 91.0 Å². The molecule has 0 aliphatic carbocycles. The standard InChI is InChI=1S/C30H32O2/c1-21(2)22(3)20-29(23(4)31)15-12-24-10-13-25(14-11-24)26-16-18-28(19-17-26)30(32)27-8-6-5-7-9-27/h5-11,13-14,16-19,22,29H,1,12,15,20H2,2-4H3. The molecule has 2 heteroatoms. The van der Waals surface area contributed by atoms with Crippen molar-refractivity contribution in [2.75, 3.05) is 0 Å². The van der Waals surface area contributed by atoms with Gasteiger partial charge in [0.05, 0.1) is 0 Å². The lowest BCUT2D eigenvalue weighted by molar-refractivity contribution is -0.121. The first-order chi connectivity index (χ1) is 15.3. The molecule has 2 unspecified atom stereocenters. The molecule has 0 saturated heterocycles. The van der Waals surface area contributed by atoms with Crippen molar-refractivity contribution in [3.05, 3.63) is 108 Å². The molecule has 0 fully saturated rings. The fourth-order valence-corrected chi connectivity index (χ4v) is 3.89. The molecule has 0 radical (unpaired) electrons. The van der Waals surface area contributed by atoms with Crippen LogP contribution in [-0.4, -0.2) is 11.6 Å². The minimum absolute atomic E-state index is 0.0356. The molecule has 0 spiro atoms. The lowest BCUT2D eigenvalue weighted by atomic mass is 9.85. The number of allylic oxidation sites excluding steroid dienone is 1. The largest absolute Gasteiger partial charge is 0.300 e. The van der Waals surface area contributed by atoms with Crippen LogP contribution in [0.3, 0.4) is 0 Å². The average Bonchev–Trinajstić information content (AvgIpc) is 2.82. The number of ketones is 2. The molecule has 0 N–H and O–H groups in total. The summed E-state index contributed by atoms with van der Waals surface area (Å²) in [5.41, 5.74) is 5.96. The molecule has 32 heavy (non-hydrogen) atoms. The number of hydrogen-bond donors (Lipinski definition) is 0. The molecule has 0 saturated carbocycles. The summed E-state index contributed by atoms with van der Waals surface area (Å²) in [4.78, 5) is 24.7. The van der Waals surface area contributed by atoms with Crippen molar-refractivity contribution < 1.29 is 9.59 Å². The van der Waals surface area contributed by atoms with Gasteiger partial charge in [0.25, 0.3) is 0 Å². The van der Waals surface area contributed by atoms with E-state index in [0.717, 1.165) is 36.0 Å². The summed E-state index contributed by atoms with van der Waals surface area (Å²) in [6, 6.07) is 25.6. The van der Waals surface area contributed by atoms with Gasteiger partial charge in [-0.15, -0.1) is 0 Å². The third-order valence-corrected chi connectivity index (χ3v) is 6.31. The molecule has 2 atom stereocenters. The van der Waals surface area contributed by atoms with E-state index in [0.29, 0.717) is 17.0 Å². The van der Waals surface area contributed by atoms with Gasteiger partial charge in [0.15, 0.2) is 5.78 Å². The zero-order valence-electron chi connectivity index (χ0n) is 19.3. The lowest BCUT2D eigenvalue weighted by Gasteiger charge is -2.19. The topological polar surface area (TPSA) is 34.1 Å². The number of carbonyl (C=O) groups is 2. The summed E-state index contributed by atoms with van der Waals surface area (Å²) in [6.45, 7) is 9.90. The SMILES string of the molecule is C=C(C)C(C)CC(CCc1ccc(-c2ccc(C(=O)c3ccccc3)cc2)cc1)C(C)=O. The van der Waals surface area contributed by atoms with Gasteiger partial charge in [-0.1, -0.05) is 97.9 Å². The summed E-state index contributed by atoms with van der Waals surface area (Å²) in [7, 11) is 0.